The van der Waals surface area contributed by atoms with Gasteiger partial charge in [0.05, 0.1) is 16.9 Å². The fraction of sp³-hybridized carbons (Fsp3) is 0.273. The molecule has 5 rings (SSSR count). The quantitative estimate of drug-likeness (QED) is 0.222. The number of nitrogens with one attached hydrogen (secondary N) is 2. The minimum absolute atomic E-state index is 0.366. The van der Waals surface area contributed by atoms with E-state index in [1.165, 1.54) is 31.0 Å². The number of rotatable bonds is 8. The summed E-state index contributed by atoms with van der Waals surface area (Å²) >= 11 is 0. The van der Waals surface area contributed by atoms with Crippen LogP contribution >= 0.6 is 0 Å². The van der Waals surface area contributed by atoms with Crippen LogP contribution in [0.2, 0.25) is 0 Å². The molecule has 0 radical (unpaired) electrons. The Balaban J connectivity index is 1.35. The van der Waals surface area contributed by atoms with Crippen LogP contribution in [0.25, 0.3) is 22.7 Å². The molecular formula is C33H34N4O4. The summed E-state index contributed by atoms with van der Waals surface area (Å²) < 4.78 is 2.03. The molecular weight excluding hydrogens is 516 g/mol. The van der Waals surface area contributed by atoms with Crippen molar-refractivity contribution in [2.75, 3.05) is 5.32 Å². The largest absolute Gasteiger partial charge is 0.478 e. The number of carbonyl (C=O) groups is 3. The molecule has 1 aromatic heterocycles. The van der Waals surface area contributed by atoms with Crippen LogP contribution in [-0.4, -0.2) is 38.2 Å². The number of nitrogens with zero attached hydrogens (tertiary/aromatic N) is 2. The summed E-state index contributed by atoms with van der Waals surface area (Å²) in [5, 5.41) is 20.4. The highest BCUT2D eigenvalue weighted by molar-refractivity contribution is 6.04. The molecule has 8 heteroatoms. The van der Waals surface area contributed by atoms with Gasteiger partial charge in [-0.25, -0.2) is 9.48 Å². The first-order valence-electron chi connectivity index (χ1n) is 13.9. The van der Waals surface area contributed by atoms with Crippen LogP contribution in [-0.2, 0) is 9.59 Å². The summed E-state index contributed by atoms with van der Waals surface area (Å²) in [5.41, 5.74) is 3.40. The first kappa shape index (κ1) is 27.8. The van der Waals surface area contributed by atoms with Crippen LogP contribution in [0.1, 0.15) is 73.5 Å². The molecule has 1 fully saturated rings. The Morgan fingerprint density at radius 3 is 2.34 bits per heavy atom. The van der Waals surface area contributed by atoms with Crippen LogP contribution < -0.4 is 10.6 Å². The number of fused-ring (bicyclic) bond motifs is 1. The molecule has 1 aliphatic rings. The van der Waals surface area contributed by atoms with Crippen molar-refractivity contribution in [2.24, 2.45) is 0 Å². The number of carboxylic acids is 1. The van der Waals surface area contributed by atoms with Gasteiger partial charge in [-0.05, 0) is 74.7 Å². The van der Waals surface area contributed by atoms with Crippen molar-refractivity contribution in [3.8, 4) is 5.69 Å². The Hall–Kier alpha value is -4.72. The van der Waals surface area contributed by atoms with Crippen molar-refractivity contribution in [3.05, 3.63) is 95.7 Å². The highest BCUT2D eigenvalue weighted by Gasteiger charge is 2.31. The molecule has 8 nitrogen and oxygen atoms in total. The average Bonchev–Trinajstić information content (AvgIpc) is 3.36. The number of carboxylic acid groups (broad SMARTS) is 1. The number of para-hydroxylation sites is 1. The Morgan fingerprint density at radius 1 is 0.951 bits per heavy atom. The minimum atomic E-state index is -1.20. The van der Waals surface area contributed by atoms with E-state index < -0.39 is 11.5 Å². The maximum Gasteiger partial charge on any atom is 0.328 e. The van der Waals surface area contributed by atoms with Gasteiger partial charge in [-0.3, -0.25) is 9.59 Å². The highest BCUT2D eigenvalue weighted by Crippen LogP contribution is 2.38. The Morgan fingerprint density at radius 2 is 1.66 bits per heavy atom. The number of carbonyl (C=O) groups excluding carboxylic acids is 2. The summed E-state index contributed by atoms with van der Waals surface area (Å²) in [4.78, 5) is 37.1. The van der Waals surface area contributed by atoms with Crippen molar-refractivity contribution in [1.29, 1.82) is 0 Å². The van der Waals surface area contributed by atoms with Crippen LogP contribution in [0.4, 0.5) is 5.69 Å². The van der Waals surface area contributed by atoms with E-state index >= 15 is 0 Å². The lowest BCUT2D eigenvalue weighted by atomic mass is 9.85. The average molecular weight is 551 g/mol. The van der Waals surface area contributed by atoms with Crippen molar-refractivity contribution >= 4 is 40.4 Å². The molecule has 41 heavy (non-hydrogen) atoms. The van der Waals surface area contributed by atoms with E-state index in [1.54, 1.807) is 50.2 Å². The lowest BCUT2D eigenvalue weighted by molar-refractivity contribution is -0.131. The second-order valence-corrected chi connectivity index (χ2v) is 11.0. The van der Waals surface area contributed by atoms with Gasteiger partial charge in [0, 0.05) is 28.6 Å². The predicted octanol–water partition coefficient (Wildman–Crippen LogP) is 6.32. The fourth-order valence-corrected chi connectivity index (χ4v) is 5.33. The van der Waals surface area contributed by atoms with Crippen molar-refractivity contribution in [2.45, 2.75) is 57.4 Å². The molecule has 3 aromatic carbocycles. The maximum absolute atomic E-state index is 13.3. The van der Waals surface area contributed by atoms with Crippen molar-refractivity contribution in [1.82, 2.24) is 15.1 Å². The topological polar surface area (TPSA) is 113 Å². The molecule has 1 aliphatic carbocycles. The molecule has 2 amide bonds. The summed E-state index contributed by atoms with van der Waals surface area (Å²) in [7, 11) is 0. The van der Waals surface area contributed by atoms with Gasteiger partial charge < -0.3 is 15.7 Å². The van der Waals surface area contributed by atoms with Gasteiger partial charge in [0.1, 0.15) is 5.54 Å². The van der Waals surface area contributed by atoms with Gasteiger partial charge in [0.25, 0.3) is 5.91 Å². The number of amides is 2. The highest BCUT2D eigenvalue weighted by atomic mass is 16.4. The summed E-state index contributed by atoms with van der Waals surface area (Å²) in [6, 6.07) is 22.4. The van der Waals surface area contributed by atoms with E-state index in [-0.39, 0.29) is 11.8 Å². The van der Waals surface area contributed by atoms with E-state index in [1.807, 2.05) is 41.1 Å². The molecule has 1 saturated carbocycles. The van der Waals surface area contributed by atoms with Crippen LogP contribution in [0.5, 0.6) is 0 Å². The summed E-state index contributed by atoms with van der Waals surface area (Å²) in [6.07, 6.45) is 8.44. The monoisotopic (exact) mass is 550 g/mol. The van der Waals surface area contributed by atoms with Crippen LogP contribution in [0.15, 0.2) is 78.9 Å². The van der Waals surface area contributed by atoms with E-state index in [0.717, 1.165) is 35.5 Å². The zero-order chi connectivity index (χ0) is 29.0. The standard InChI is InChI=1S/C33H34N4O4/c1-33(2,32(41)34-25-17-13-22(14-18-25)15-20-29(38)39)35-31(40)24-16-19-27-28(21-24)36-37(26-11-7-4-8-12-26)30(27)23-9-5-3-6-10-23/h4,7-8,11-21,23H,3,5-6,9-10H2,1-2H3,(H,34,41)(H,35,40)(H,38,39)/b20-15+. The number of benzene rings is 3. The number of aliphatic carboxylic acids is 1. The summed E-state index contributed by atoms with van der Waals surface area (Å²) in [5.74, 6) is -1.37. The number of aromatic nitrogens is 2. The molecule has 4 aromatic rings. The third-order valence-electron chi connectivity index (χ3n) is 7.55. The van der Waals surface area contributed by atoms with Gasteiger partial charge in [0.2, 0.25) is 5.91 Å². The van der Waals surface area contributed by atoms with Gasteiger partial charge in [0.15, 0.2) is 0 Å². The lowest BCUT2D eigenvalue weighted by Crippen LogP contribution is -2.52. The van der Waals surface area contributed by atoms with E-state index in [4.69, 9.17) is 10.2 Å². The Bertz CT molecular complexity index is 1600. The van der Waals surface area contributed by atoms with Gasteiger partial charge in [-0.15, -0.1) is 0 Å². The van der Waals surface area contributed by atoms with E-state index in [9.17, 15) is 14.4 Å². The van der Waals surface area contributed by atoms with Crippen LogP contribution in [0.3, 0.4) is 0 Å². The zero-order valence-electron chi connectivity index (χ0n) is 23.3. The number of anilines is 1. The van der Waals surface area contributed by atoms with Gasteiger partial charge in [-0.2, -0.15) is 5.10 Å². The predicted molar refractivity (Wildman–Crippen MR) is 160 cm³/mol. The van der Waals surface area contributed by atoms with Crippen LogP contribution in [0, 0.1) is 0 Å². The molecule has 0 atom stereocenters. The van der Waals surface area contributed by atoms with Gasteiger partial charge in [-0.1, -0.05) is 55.7 Å². The number of hydrogen-bond donors (Lipinski definition) is 3. The molecule has 0 saturated heterocycles. The normalized spacial score (nSPS) is 14.3. The van der Waals surface area contributed by atoms with E-state index in [2.05, 4.69) is 10.6 Å². The second kappa shape index (κ2) is 11.8. The number of hydrogen-bond acceptors (Lipinski definition) is 4. The Kier molecular flexibility index (Phi) is 8.01. The fourth-order valence-electron chi connectivity index (χ4n) is 5.33. The lowest BCUT2D eigenvalue weighted by Gasteiger charge is -2.25. The van der Waals surface area contributed by atoms with Crippen molar-refractivity contribution in [3.63, 3.8) is 0 Å². The summed E-state index contributed by atoms with van der Waals surface area (Å²) in [6.45, 7) is 3.29. The SMILES string of the molecule is CC(C)(NC(=O)c1ccc2c(C3CCCCC3)n(-c3ccccc3)nc2c1)C(=O)Nc1ccc(/C=C/C(=O)O)cc1. The molecule has 0 spiro atoms. The third kappa shape index (κ3) is 6.38. The second-order valence-electron chi connectivity index (χ2n) is 11.0. The van der Waals surface area contributed by atoms with Crippen molar-refractivity contribution < 1.29 is 19.5 Å². The third-order valence-corrected chi connectivity index (χ3v) is 7.55. The molecule has 3 N–H and O–H groups in total. The smallest absolute Gasteiger partial charge is 0.328 e. The molecule has 1 heterocycles. The van der Waals surface area contributed by atoms with E-state index in [0.29, 0.717) is 22.7 Å². The minimum Gasteiger partial charge on any atom is -0.478 e. The molecule has 210 valence electrons. The zero-order valence-corrected chi connectivity index (χ0v) is 23.3. The first-order chi connectivity index (χ1) is 19.7. The maximum atomic E-state index is 13.3. The molecule has 0 aliphatic heterocycles. The first-order valence-corrected chi connectivity index (χ1v) is 13.9. The Labute approximate surface area is 239 Å². The van der Waals surface area contributed by atoms with Gasteiger partial charge >= 0.3 is 5.97 Å². The molecule has 0 bridgehead atoms. The molecule has 0 unspecified atom stereocenters.